The van der Waals surface area contributed by atoms with Crippen LogP contribution >= 0.6 is 28.8 Å². The zero-order valence-electron chi connectivity index (χ0n) is 30.4. The first-order chi connectivity index (χ1) is 20.4. The quantitative estimate of drug-likeness (QED) is 0.218. The average Bonchev–Trinajstić information content (AvgIpc) is 3.70. The van der Waals surface area contributed by atoms with Crippen LogP contribution in [-0.2, 0) is 26.3 Å². The van der Waals surface area contributed by atoms with E-state index < -0.39 is 28.9 Å². The normalized spacial score (nSPS) is 43.3. The zero-order chi connectivity index (χ0) is 30.8. The van der Waals surface area contributed by atoms with Gasteiger partial charge < -0.3 is 14.9 Å². The Balaban J connectivity index is 0.000000888. The molecule has 1 saturated heterocycles. The van der Waals surface area contributed by atoms with E-state index in [0.29, 0.717) is 0 Å². The van der Waals surface area contributed by atoms with E-state index in [1.54, 1.807) is 18.4 Å². The van der Waals surface area contributed by atoms with Crippen LogP contribution in [0.2, 0.25) is 24.2 Å². The minimum absolute atomic E-state index is 0. The molecule has 7 rings (SSSR count). The van der Waals surface area contributed by atoms with E-state index in [4.69, 9.17) is 17.0 Å². The Bertz CT molecular complexity index is 1100. The number of halogens is 2. The number of benzene rings is 1. The molecule has 14 atom stereocenters. The summed E-state index contributed by atoms with van der Waals surface area (Å²) in [4.78, 5) is 0. The van der Waals surface area contributed by atoms with Gasteiger partial charge in [-0.15, -0.1) is 0 Å². The van der Waals surface area contributed by atoms with E-state index in [2.05, 4.69) is 90.7 Å². The van der Waals surface area contributed by atoms with Gasteiger partial charge >= 0.3 is 37.9 Å². The van der Waals surface area contributed by atoms with Crippen LogP contribution in [0.4, 0.5) is 0 Å². The van der Waals surface area contributed by atoms with Crippen LogP contribution in [0.3, 0.4) is 0 Å². The van der Waals surface area contributed by atoms with E-state index >= 15 is 0 Å². The van der Waals surface area contributed by atoms with E-state index in [1.165, 1.54) is 50.5 Å². The fourth-order valence-corrected chi connectivity index (χ4v) is 22.3. The Morgan fingerprint density at radius 3 is 2.02 bits per heavy atom. The third-order valence-corrected chi connectivity index (χ3v) is 22.0. The molecule has 5 aliphatic carbocycles. The summed E-state index contributed by atoms with van der Waals surface area (Å²) in [5.74, 6) is 9.66. The molecule has 254 valence electrons. The molecule has 0 bridgehead atoms. The van der Waals surface area contributed by atoms with Crippen LogP contribution < -0.4 is 0 Å². The number of thioether (sulfide) groups is 1. The van der Waals surface area contributed by atoms with Gasteiger partial charge in [0.15, 0.2) is 0 Å². The molecule has 5 heteroatoms. The Labute approximate surface area is 304 Å². The first kappa shape index (κ1) is 39.0. The second-order valence-electron chi connectivity index (χ2n) is 17.9. The standard InChI is InChI=1S/C38H60SSi.2CH3.2ClH.Zr/c1-22-20-30-31(21-26-12-11-14-28(26)33(30)25-16-18-27(19-17-25)38(4,5)6)36(22)40(7,8)37-24(3)23(2)35-34(37)29-13-9-10-15-32(29)39-35;;;;;/h16-19,22-24,26,28-37H,9-15,20-21H2,1-8H3;2*1H3;2*1H;/q;2*-1;;;+4/p-2. The predicted molar refractivity (Wildman–Crippen MR) is 203 cm³/mol. The van der Waals surface area contributed by atoms with Crippen molar-refractivity contribution in [3.63, 3.8) is 0 Å². The minimum atomic E-state index is -1.50. The molecule has 0 aromatic heterocycles. The molecular formula is C40H66Cl2SSiZr. The molecule has 1 aliphatic heterocycles. The van der Waals surface area contributed by atoms with Gasteiger partial charge in [0, 0.05) is 10.5 Å². The summed E-state index contributed by atoms with van der Waals surface area (Å²) < 4.78 is 0. The van der Waals surface area contributed by atoms with Crippen molar-refractivity contribution in [3.8, 4) is 0 Å². The van der Waals surface area contributed by atoms with E-state index in [9.17, 15) is 0 Å². The molecule has 1 heterocycles. The van der Waals surface area contributed by atoms with Gasteiger partial charge in [-0.2, -0.15) is 11.8 Å². The van der Waals surface area contributed by atoms with Crippen LogP contribution in [0, 0.1) is 68.1 Å². The second-order valence-corrected chi connectivity index (χ2v) is 28.0. The monoisotopic (exact) mass is 766 g/mol. The Morgan fingerprint density at radius 1 is 0.756 bits per heavy atom. The molecule has 0 spiro atoms. The van der Waals surface area contributed by atoms with Crippen molar-refractivity contribution in [2.75, 3.05) is 0 Å². The van der Waals surface area contributed by atoms with Gasteiger partial charge in [-0.05, 0) is 119 Å². The van der Waals surface area contributed by atoms with Gasteiger partial charge in [-0.1, -0.05) is 105 Å². The summed E-state index contributed by atoms with van der Waals surface area (Å²) in [5, 5.41) is 1.99. The van der Waals surface area contributed by atoms with Gasteiger partial charge in [0.25, 0.3) is 0 Å². The summed E-state index contributed by atoms with van der Waals surface area (Å²) >= 11 is 1.67. The Morgan fingerprint density at radius 2 is 1.38 bits per heavy atom. The van der Waals surface area contributed by atoms with E-state index in [0.717, 1.165) is 80.8 Å². The Hall–Kier alpha value is 1.25. The topological polar surface area (TPSA) is 0 Å². The van der Waals surface area contributed by atoms with Crippen LogP contribution in [0.1, 0.15) is 116 Å². The van der Waals surface area contributed by atoms with Crippen LogP contribution in [0.5, 0.6) is 0 Å². The van der Waals surface area contributed by atoms with Gasteiger partial charge in [0.2, 0.25) is 0 Å². The number of hydrogen-bond donors (Lipinski definition) is 0. The van der Waals surface area contributed by atoms with E-state index in [1.807, 2.05) is 0 Å². The third kappa shape index (κ3) is 6.96. The molecule has 0 amide bonds. The van der Waals surface area contributed by atoms with Gasteiger partial charge in [-0.3, -0.25) is 0 Å². The molecule has 0 radical (unpaired) electrons. The van der Waals surface area contributed by atoms with Crippen molar-refractivity contribution in [2.45, 2.75) is 145 Å². The fraction of sp³-hybridized carbons (Fsp3) is 0.800. The zero-order valence-corrected chi connectivity index (χ0v) is 36.2. The van der Waals surface area contributed by atoms with E-state index in [-0.39, 0.29) is 20.3 Å². The van der Waals surface area contributed by atoms with Crippen molar-refractivity contribution in [1.82, 2.24) is 0 Å². The third-order valence-electron chi connectivity index (χ3n) is 14.7. The maximum absolute atomic E-state index is 4.93. The van der Waals surface area contributed by atoms with Crippen LogP contribution in [-0.4, -0.2) is 18.6 Å². The van der Waals surface area contributed by atoms with Gasteiger partial charge in [0.05, 0.1) is 8.07 Å². The van der Waals surface area contributed by atoms with Crippen LogP contribution in [0.25, 0.3) is 0 Å². The molecule has 1 aromatic carbocycles. The SMILES string of the molecule is CC1CC2C(CC3CCCC3C2c2ccc(C(C)(C)C)cc2)C1[Si](C)(C)C1C(C)C(C)C2SC3CCCCC3C21.[CH3-].[CH3-].[Cl][Zr+2][Cl]. The first-order valence-corrected chi connectivity index (χ1v) is 28.5. The van der Waals surface area contributed by atoms with Gasteiger partial charge in [-0.25, -0.2) is 0 Å². The molecule has 14 unspecified atom stereocenters. The van der Waals surface area contributed by atoms with Crippen molar-refractivity contribution < 1.29 is 20.8 Å². The molecule has 0 nitrogen and oxygen atoms in total. The summed E-state index contributed by atoms with van der Waals surface area (Å²) in [7, 11) is 8.37. The molecular weight excluding hydrogens is 703 g/mol. The van der Waals surface area contributed by atoms with Gasteiger partial charge in [0.1, 0.15) is 0 Å². The van der Waals surface area contributed by atoms with Crippen molar-refractivity contribution in [1.29, 1.82) is 0 Å². The average molecular weight is 769 g/mol. The van der Waals surface area contributed by atoms with Crippen molar-refractivity contribution in [3.05, 3.63) is 50.2 Å². The maximum atomic E-state index is 4.93. The molecule has 1 aromatic rings. The molecule has 5 saturated carbocycles. The molecule has 6 aliphatic rings. The van der Waals surface area contributed by atoms with Crippen LogP contribution in [0.15, 0.2) is 24.3 Å². The number of hydrogen-bond acceptors (Lipinski definition) is 1. The number of fused-ring (bicyclic) bond motifs is 5. The second kappa shape index (κ2) is 15.2. The summed E-state index contributed by atoms with van der Waals surface area (Å²) in [6, 6.07) is 10.2. The summed E-state index contributed by atoms with van der Waals surface area (Å²) in [6.45, 7) is 21.1. The van der Waals surface area contributed by atoms with Crippen molar-refractivity contribution in [2.24, 2.45) is 53.3 Å². The number of rotatable bonds is 3. The molecule has 6 fully saturated rings. The Kier molecular flexibility index (Phi) is 13.2. The fourth-order valence-electron chi connectivity index (χ4n) is 13.2. The first-order valence-electron chi connectivity index (χ1n) is 18.1. The summed E-state index contributed by atoms with van der Waals surface area (Å²) in [5.41, 5.74) is 5.57. The summed E-state index contributed by atoms with van der Waals surface area (Å²) in [6.07, 6.45) is 13.7. The van der Waals surface area contributed by atoms with Crippen molar-refractivity contribution >= 4 is 36.9 Å². The molecule has 45 heavy (non-hydrogen) atoms. The molecule has 0 N–H and O–H groups in total. The predicted octanol–water partition coefficient (Wildman–Crippen LogP) is 13.5.